The van der Waals surface area contributed by atoms with Crippen LogP contribution in [0, 0.1) is 10.1 Å². The first-order valence-corrected chi connectivity index (χ1v) is 8.02. The summed E-state index contributed by atoms with van der Waals surface area (Å²) in [5.41, 5.74) is 1.61. The first-order chi connectivity index (χ1) is 12.4. The van der Waals surface area contributed by atoms with Gasteiger partial charge in [-0.1, -0.05) is 24.3 Å². The van der Waals surface area contributed by atoms with Crippen molar-refractivity contribution in [1.82, 2.24) is 5.32 Å². The maximum Gasteiger partial charge on any atom is 0.273 e. The minimum Gasteiger partial charge on any atom is -0.482 e. The second kappa shape index (κ2) is 7.22. The van der Waals surface area contributed by atoms with Crippen molar-refractivity contribution in [3.05, 3.63) is 63.7 Å². The van der Waals surface area contributed by atoms with Gasteiger partial charge in [-0.3, -0.25) is 19.7 Å². The van der Waals surface area contributed by atoms with Gasteiger partial charge in [0.1, 0.15) is 5.75 Å². The fourth-order valence-electron chi connectivity index (χ4n) is 2.76. The average molecular weight is 355 g/mol. The predicted octanol–water partition coefficient (Wildman–Crippen LogP) is 2.35. The molecule has 1 aliphatic heterocycles. The highest BCUT2D eigenvalue weighted by molar-refractivity contribution is 5.95. The predicted molar refractivity (Wildman–Crippen MR) is 93.9 cm³/mol. The molecule has 8 nitrogen and oxygen atoms in total. The average Bonchev–Trinajstić information content (AvgIpc) is 2.61. The van der Waals surface area contributed by atoms with E-state index in [1.54, 1.807) is 43.3 Å². The van der Waals surface area contributed by atoms with Gasteiger partial charge >= 0.3 is 0 Å². The summed E-state index contributed by atoms with van der Waals surface area (Å²) in [7, 11) is 0. The second-order valence-corrected chi connectivity index (χ2v) is 5.94. The van der Waals surface area contributed by atoms with E-state index in [1.165, 1.54) is 6.07 Å². The standard InChI is InChI=1S/C18H17N3O5/c1-11(12-6-7-16-14(8-12)20-18(23)10-26-16)19-17(22)9-13-4-2-3-5-15(13)21(24)25/h2-8,11H,9-10H2,1H3,(H,19,22)(H,20,23). The molecule has 1 heterocycles. The number of nitrogens with one attached hydrogen (secondary N) is 2. The summed E-state index contributed by atoms with van der Waals surface area (Å²) in [4.78, 5) is 34.2. The Labute approximate surface area is 149 Å². The van der Waals surface area contributed by atoms with Crippen molar-refractivity contribution in [2.45, 2.75) is 19.4 Å². The van der Waals surface area contributed by atoms with Crippen LogP contribution in [0.4, 0.5) is 11.4 Å². The van der Waals surface area contributed by atoms with Crippen LogP contribution in [0.1, 0.15) is 24.1 Å². The lowest BCUT2D eigenvalue weighted by molar-refractivity contribution is -0.385. The van der Waals surface area contributed by atoms with E-state index in [0.717, 1.165) is 5.56 Å². The van der Waals surface area contributed by atoms with Crippen LogP contribution in [-0.4, -0.2) is 23.3 Å². The van der Waals surface area contributed by atoms with Gasteiger partial charge in [0, 0.05) is 11.6 Å². The lowest BCUT2D eigenvalue weighted by Crippen LogP contribution is -2.29. The van der Waals surface area contributed by atoms with E-state index in [2.05, 4.69) is 10.6 Å². The minimum atomic E-state index is -0.502. The monoisotopic (exact) mass is 355 g/mol. The van der Waals surface area contributed by atoms with Gasteiger partial charge in [0.15, 0.2) is 6.61 Å². The van der Waals surface area contributed by atoms with E-state index in [1.807, 2.05) is 0 Å². The Hall–Kier alpha value is -3.42. The Morgan fingerprint density at radius 1 is 1.35 bits per heavy atom. The highest BCUT2D eigenvalue weighted by Crippen LogP contribution is 2.30. The molecule has 0 saturated heterocycles. The fraction of sp³-hybridized carbons (Fsp3) is 0.222. The molecule has 0 saturated carbocycles. The third-order valence-corrected chi connectivity index (χ3v) is 4.05. The van der Waals surface area contributed by atoms with Crippen LogP contribution < -0.4 is 15.4 Å². The number of hydrogen-bond donors (Lipinski definition) is 2. The molecule has 0 fully saturated rings. The number of rotatable bonds is 5. The molecule has 0 bridgehead atoms. The lowest BCUT2D eigenvalue weighted by atomic mass is 10.1. The molecule has 3 rings (SSSR count). The van der Waals surface area contributed by atoms with Crippen molar-refractivity contribution in [1.29, 1.82) is 0 Å². The summed E-state index contributed by atoms with van der Waals surface area (Å²) in [5, 5.41) is 16.6. The number of nitro benzene ring substituents is 1. The maximum absolute atomic E-state index is 12.3. The molecule has 0 aliphatic carbocycles. The molecule has 0 spiro atoms. The van der Waals surface area contributed by atoms with Crippen LogP contribution in [0.5, 0.6) is 5.75 Å². The van der Waals surface area contributed by atoms with Crippen LogP contribution in [-0.2, 0) is 16.0 Å². The van der Waals surface area contributed by atoms with Crippen molar-refractivity contribution in [2.24, 2.45) is 0 Å². The van der Waals surface area contributed by atoms with Gasteiger partial charge in [-0.15, -0.1) is 0 Å². The summed E-state index contributed by atoms with van der Waals surface area (Å²) < 4.78 is 5.30. The summed E-state index contributed by atoms with van der Waals surface area (Å²) in [6, 6.07) is 11.1. The zero-order chi connectivity index (χ0) is 18.7. The summed E-state index contributed by atoms with van der Waals surface area (Å²) in [5.74, 6) is 0.0133. The number of amides is 2. The van der Waals surface area contributed by atoms with Crippen molar-refractivity contribution >= 4 is 23.2 Å². The molecular weight excluding hydrogens is 338 g/mol. The van der Waals surface area contributed by atoms with Gasteiger partial charge in [0.2, 0.25) is 5.91 Å². The van der Waals surface area contributed by atoms with Crippen LogP contribution in [0.2, 0.25) is 0 Å². The number of benzene rings is 2. The van der Waals surface area contributed by atoms with Crippen molar-refractivity contribution in [3.63, 3.8) is 0 Å². The molecule has 0 radical (unpaired) electrons. The number of nitrogens with zero attached hydrogens (tertiary/aromatic N) is 1. The van der Waals surface area contributed by atoms with Gasteiger partial charge < -0.3 is 15.4 Å². The number of hydrogen-bond acceptors (Lipinski definition) is 5. The molecule has 2 aromatic rings. The summed E-state index contributed by atoms with van der Waals surface area (Å²) >= 11 is 0. The summed E-state index contributed by atoms with van der Waals surface area (Å²) in [6.07, 6.45) is -0.0910. The molecule has 134 valence electrons. The third-order valence-electron chi connectivity index (χ3n) is 4.05. The Balaban J connectivity index is 1.69. The zero-order valence-electron chi connectivity index (χ0n) is 14.0. The Morgan fingerprint density at radius 2 is 2.12 bits per heavy atom. The van der Waals surface area contributed by atoms with Crippen LogP contribution in [0.3, 0.4) is 0 Å². The van der Waals surface area contributed by atoms with Crippen molar-refractivity contribution in [3.8, 4) is 5.75 Å². The zero-order valence-corrected chi connectivity index (χ0v) is 14.0. The quantitative estimate of drug-likeness (QED) is 0.632. The van der Waals surface area contributed by atoms with Gasteiger partial charge in [0.25, 0.3) is 11.6 Å². The summed E-state index contributed by atoms with van der Waals surface area (Å²) in [6.45, 7) is 1.78. The molecule has 0 aromatic heterocycles. The molecule has 26 heavy (non-hydrogen) atoms. The number of carbonyl (C=O) groups is 2. The van der Waals surface area contributed by atoms with Crippen molar-refractivity contribution in [2.75, 3.05) is 11.9 Å². The topological polar surface area (TPSA) is 111 Å². The van der Waals surface area contributed by atoms with E-state index in [4.69, 9.17) is 4.74 Å². The van der Waals surface area contributed by atoms with E-state index < -0.39 is 4.92 Å². The third kappa shape index (κ3) is 3.80. The first-order valence-electron chi connectivity index (χ1n) is 8.02. The van der Waals surface area contributed by atoms with Crippen LogP contribution in [0.25, 0.3) is 0 Å². The number of carbonyl (C=O) groups excluding carboxylic acids is 2. The molecule has 2 amide bonds. The van der Waals surface area contributed by atoms with Gasteiger partial charge in [-0.05, 0) is 24.6 Å². The molecule has 2 aromatic carbocycles. The van der Waals surface area contributed by atoms with Crippen LogP contribution >= 0.6 is 0 Å². The molecule has 1 atom stereocenters. The maximum atomic E-state index is 12.3. The number of ether oxygens (including phenoxy) is 1. The van der Waals surface area contributed by atoms with E-state index in [9.17, 15) is 19.7 Å². The Kier molecular flexibility index (Phi) is 4.83. The first kappa shape index (κ1) is 17.4. The lowest BCUT2D eigenvalue weighted by Gasteiger charge is -2.21. The van der Waals surface area contributed by atoms with Gasteiger partial charge in [0.05, 0.1) is 23.1 Å². The molecule has 1 unspecified atom stereocenters. The minimum absolute atomic E-state index is 0.0194. The molecule has 8 heteroatoms. The number of para-hydroxylation sites is 1. The molecule has 1 aliphatic rings. The SMILES string of the molecule is CC(NC(=O)Cc1ccccc1[N+](=O)[O-])c1ccc2c(c1)NC(=O)CO2. The fourth-order valence-corrected chi connectivity index (χ4v) is 2.76. The number of fused-ring (bicyclic) bond motifs is 1. The highest BCUT2D eigenvalue weighted by atomic mass is 16.6. The Morgan fingerprint density at radius 3 is 2.88 bits per heavy atom. The van der Waals surface area contributed by atoms with Gasteiger partial charge in [-0.2, -0.15) is 0 Å². The second-order valence-electron chi connectivity index (χ2n) is 5.94. The van der Waals surface area contributed by atoms with E-state index >= 15 is 0 Å². The van der Waals surface area contributed by atoms with E-state index in [0.29, 0.717) is 17.0 Å². The Bertz CT molecular complexity index is 881. The van der Waals surface area contributed by atoms with Gasteiger partial charge in [-0.25, -0.2) is 0 Å². The largest absolute Gasteiger partial charge is 0.482 e. The van der Waals surface area contributed by atoms with Crippen LogP contribution in [0.15, 0.2) is 42.5 Å². The normalized spacial score (nSPS) is 13.8. The number of nitro groups is 1. The highest BCUT2D eigenvalue weighted by Gasteiger charge is 2.20. The number of anilines is 1. The van der Waals surface area contributed by atoms with Crippen molar-refractivity contribution < 1.29 is 19.2 Å². The molecule has 2 N–H and O–H groups in total. The molecular formula is C18H17N3O5. The smallest absolute Gasteiger partial charge is 0.273 e. The van der Waals surface area contributed by atoms with E-state index in [-0.39, 0.29) is 36.6 Å².